The number of hydrogen-bond donors (Lipinski definition) is 1. The van der Waals surface area contributed by atoms with Crippen LogP contribution in [0.3, 0.4) is 0 Å². The Balaban J connectivity index is 2.34. The minimum Gasteiger partial charge on any atom is -0.309 e. The lowest BCUT2D eigenvalue weighted by molar-refractivity contribution is 0.592. The average Bonchev–Trinajstić information content (AvgIpc) is 2.59. The summed E-state index contributed by atoms with van der Waals surface area (Å²) in [6, 6.07) is 2.58. The van der Waals surface area contributed by atoms with Gasteiger partial charge in [0.2, 0.25) is 0 Å². The summed E-state index contributed by atoms with van der Waals surface area (Å²) in [7, 11) is 0. The Hall–Kier alpha value is -0.300. The molecule has 0 aromatic carbocycles. The minimum atomic E-state index is 0.421. The molecule has 0 radical (unpaired) electrons. The van der Waals surface area contributed by atoms with Crippen LogP contribution in [0.25, 0.3) is 0 Å². The normalized spacial score (nSPS) is 11.9. The van der Waals surface area contributed by atoms with Crippen LogP contribution in [-0.2, 0) is 0 Å². The molecule has 1 rings (SSSR count). The zero-order chi connectivity index (χ0) is 10.4. The van der Waals surface area contributed by atoms with Crippen molar-refractivity contribution in [3.63, 3.8) is 0 Å². The second-order valence-electron chi connectivity index (χ2n) is 3.02. The van der Waals surface area contributed by atoms with E-state index in [2.05, 4.69) is 51.5 Å². The summed E-state index contributed by atoms with van der Waals surface area (Å²) in [5, 5.41) is 5.54. The molecule has 0 saturated carbocycles. The van der Waals surface area contributed by atoms with Crippen LogP contribution in [0.5, 0.6) is 0 Å². The molecule has 3 heteroatoms. The standard InChI is InChI=1S/C11H14BrNS/c1-3-4-5-6-13-9(2)11-7-10(12)8-14-11/h7-9,13H,5-6H2,1-2H3. The molecule has 14 heavy (non-hydrogen) atoms. The average molecular weight is 272 g/mol. The van der Waals surface area contributed by atoms with Crippen LogP contribution in [0.15, 0.2) is 15.9 Å². The Labute approximate surface area is 98.0 Å². The van der Waals surface area contributed by atoms with E-state index in [9.17, 15) is 0 Å². The second kappa shape index (κ2) is 6.23. The van der Waals surface area contributed by atoms with Crippen molar-refractivity contribution >= 4 is 27.3 Å². The molecule has 0 spiro atoms. The van der Waals surface area contributed by atoms with Gasteiger partial charge in [0, 0.05) is 33.7 Å². The highest BCUT2D eigenvalue weighted by Gasteiger charge is 2.05. The third-order valence-corrected chi connectivity index (χ3v) is 3.77. The third kappa shape index (κ3) is 3.83. The molecule has 1 heterocycles. The molecular weight excluding hydrogens is 258 g/mol. The first kappa shape index (κ1) is 11.8. The lowest BCUT2D eigenvalue weighted by Gasteiger charge is -2.09. The van der Waals surface area contributed by atoms with E-state index >= 15 is 0 Å². The molecule has 0 aliphatic heterocycles. The van der Waals surface area contributed by atoms with Crippen molar-refractivity contribution in [2.24, 2.45) is 0 Å². The fraction of sp³-hybridized carbons (Fsp3) is 0.455. The predicted octanol–water partition coefficient (Wildman–Crippen LogP) is 3.57. The van der Waals surface area contributed by atoms with Crippen molar-refractivity contribution in [2.45, 2.75) is 26.3 Å². The van der Waals surface area contributed by atoms with Crippen molar-refractivity contribution < 1.29 is 0 Å². The summed E-state index contributed by atoms with van der Waals surface area (Å²) in [5.41, 5.74) is 0. The molecule has 76 valence electrons. The fourth-order valence-electron chi connectivity index (χ4n) is 1.13. The monoisotopic (exact) mass is 271 g/mol. The molecule has 0 aliphatic carbocycles. The van der Waals surface area contributed by atoms with Crippen LogP contribution in [0.1, 0.15) is 31.2 Å². The number of nitrogens with one attached hydrogen (secondary N) is 1. The van der Waals surface area contributed by atoms with Crippen LogP contribution in [-0.4, -0.2) is 6.54 Å². The predicted molar refractivity (Wildman–Crippen MR) is 66.5 cm³/mol. The van der Waals surface area contributed by atoms with Gasteiger partial charge in [0.1, 0.15) is 0 Å². The van der Waals surface area contributed by atoms with E-state index in [0.29, 0.717) is 6.04 Å². The summed E-state index contributed by atoms with van der Waals surface area (Å²) >= 11 is 5.23. The van der Waals surface area contributed by atoms with Gasteiger partial charge in [-0.25, -0.2) is 0 Å². The Kier molecular flexibility index (Phi) is 5.24. The van der Waals surface area contributed by atoms with Gasteiger partial charge in [-0.2, -0.15) is 0 Å². The first-order chi connectivity index (χ1) is 6.74. The van der Waals surface area contributed by atoms with E-state index < -0.39 is 0 Å². The summed E-state index contributed by atoms with van der Waals surface area (Å²) in [4.78, 5) is 1.36. The topological polar surface area (TPSA) is 12.0 Å². The van der Waals surface area contributed by atoms with Gasteiger partial charge in [0.05, 0.1) is 0 Å². The number of rotatable bonds is 4. The highest BCUT2D eigenvalue weighted by Crippen LogP contribution is 2.25. The zero-order valence-electron chi connectivity index (χ0n) is 8.43. The first-order valence-corrected chi connectivity index (χ1v) is 6.28. The molecule has 1 atom stereocenters. The molecule has 1 unspecified atom stereocenters. The van der Waals surface area contributed by atoms with Gasteiger partial charge in [-0.15, -0.1) is 23.2 Å². The largest absolute Gasteiger partial charge is 0.309 e. The van der Waals surface area contributed by atoms with Gasteiger partial charge >= 0.3 is 0 Å². The van der Waals surface area contributed by atoms with E-state index in [0.717, 1.165) is 13.0 Å². The third-order valence-electron chi connectivity index (χ3n) is 1.89. The maximum Gasteiger partial charge on any atom is 0.0386 e. The summed E-state index contributed by atoms with van der Waals surface area (Å²) in [5.74, 6) is 5.93. The quantitative estimate of drug-likeness (QED) is 0.652. The van der Waals surface area contributed by atoms with Crippen LogP contribution in [0, 0.1) is 11.8 Å². The SMILES string of the molecule is CC#CCCNC(C)c1cc(Br)cs1. The molecule has 0 bridgehead atoms. The van der Waals surface area contributed by atoms with Crippen molar-refractivity contribution in [1.82, 2.24) is 5.32 Å². The van der Waals surface area contributed by atoms with Gasteiger partial charge < -0.3 is 5.32 Å². The van der Waals surface area contributed by atoms with Gasteiger partial charge in [0.15, 0.2) is 0 Å². The molecule has 1 N–H and O–H groups in total. The molecule has 0 saturated heterocycles. The highest BCUT2D eigenvalue weighted by molar-refractivity contribution is 9.10. The van der Waals surface area contributed by atoms with Crippen LogP contribution < -0.4 is 5.32 Å². The summed E-state index contributed by atoms with van der Waals surface area (Å²) in [6.45, 7) is 5.01. The van der Waals surface area contributed by atoms with Crippen molar-refractivity contribution in [3.05, 3.63) is 20.8 Å². The van der Waals surface area contributed by atoms with E-state index in [1.54, 1.807) is 11.3 Å². The minimum absolute atomic E-state index is 0.421. The summed E-state index contributed by atoms with van der Waals surface area (Å²) in [6.07, 6.45) is 0.924. The lowest BCUT2D eigenvalue weighted by Crippen LogP contribution is -2.18. The van der Waals surface area contributed by atoms with E-state index in [1.807, 2.05) is 6.92 Å². The smallest absolute Gasteiger partial charge is 0.0386 e. The molecule has 1 aromatic rings. The van der Waals surface area contributed by atoms with E-state index in [-0.39, 0.29) is 0 Å². The maximum atomic E-state index is 3.45. The Morgan fingerprint density at radius 1 is 1.64 bits per heavy atom. The summed E-state index contributed by atoms with van der Waals surface area (Å²) < 4.78 is 1.17. The number of thiophene rings is 1. The van der Waals surface area contributed by atoms with Gasteiger partial charge in [-0.05, 0) is 35.8 Å². The van der Waals surface area contributed by atoms with Crippen molar-refractivity contribution in [1.29, 1.82) is 0 Å². The van der Waals surface area contributed by atoms with E-state index in [1.165, 1.54) is 9.35 Å². The highest BCUT2D eigenvalue weighted by atomic mass is 79.9. The molecule has 0 amide bonds. The zero-order valence-corrected chi connectivity index (χ0v) is 10.8. The van der Waals surface area contributed by atoms with Crippen molar-refractivity contribution in [3.8, 4) is 11.8 Å². The lowest BCUT2D eigenvalue weighted by atomic mass is 10.2. The van der Waals surface area contributed by atoms with Crippen LogP contribution in [0.4, 0.5) is 0 Å². The second-order valence-corrected chi connectivity index (χ2v) is 4.88. The molecule has 0 fully saturated rings. The molecule has 0 aliphatic rings. The fourth-order valence-corrected chi connectivity index (χ4v) is 2.61. The Morgan fingerprint density at radius 3 is 3.00 bits per heavy atom. The number of hydrogen-bond acceptors (Lipinski definition) is 2. The van der Waals surface area contributed by atoms with Crippen molar-refractivity contribution in [2.75, 3.05) is 6.54 Å². The maximum absolute atomic E-state index is 3.45. The molecule has 1 nitrogen and oxygen atoms in total. The molecular formula is C11H14BrNS. The van der Waals surface area contributed by atoms with Gasteiger partial charge in [-0.1, -0.05) is 0 Å². The van der Waals surface area contributed by atoms with E-state index in [4.69, 9.17) is 0 Å². The Bertz CT molecular complexity index is 335. The molecule has 1 aromatic heterocycles. The van der Waals surface area contributed by atoms with Gasteiger partial charge in [-0.3, -0.25) is 0 Å². The number of halogens is 1. The first-order valence-electron chi connectivity index (χ1n) is 4.61. The van der Waals surface area contributed by atoms with Crippen LogP contribution in [0.2, 0.25) is 0 Å². The van der Waals surface area contributed by atoms with Gasteiger partial charge in [0.25, 0.3) is 0 Å². The van der Waals surface area contributed by atoms with Crippen LogP contribution >= 0.6 is 27.3 Å². The Morgan fingerprint density at radius 2 is 2.43 bits per heavy atom.